The number of methoxy groups -OCH3 is 1. The van der Waals surface area contributed by atoms with Gasteiger partial charge in [-0.2, -0.15) is 0 Å². The van der Waals surface area contributed by atoms with Crippen molar-refractivity contribution in [3.8, 4) is 5.75 Å². The number of carbonyl (C=O) groups excluding carboxylic acids is 1. The van der Waals surface area contributed by atoms with Gasteiger partial charge in [0.05, 0.1) is 7.11 Å². The maximum Gasteiger partial charge on any atom is 0.270 e. The van der Waals surface area contributed by atoms with E-state index in [9.17, 15) is 9.18 Å². The molecule has 7 heteroatoms. The molecule has 0 unspecified atom stereocenters. The molecule has 150 valence electrons. The molecule has 0 fully saturated rings. The second kappa shape index (κ2) is 10.2. The molecule has 1 aromatic heterocycles. The van der Waals surface area contributed by atoms with Crippen LogP contribution in [-0.4, -0.2) is 36.1 Å². The summed E-state index contributed by atoms with van der Waals surface area (Å²) in [5.74, 6) is 0.808. The van der Waals surface area contributed by atoms with Gasteiger partial charge in [-0.15, -0.1) is 0 Å². The maximum atomic E-state index is 13.7. The number of amides is 1. The van der Waals surface area contributed by atoms with Gasteiger partial charge in [0.25, 0.3) is 5.91 Å². The zero-order valence-electron chi connectivity index (χ0n) is 16.2. The molecular weight excluding hydrogens is 371 g/mol. The van der Waals surface area contributed by atoms with Crippen molar-refractivity contribution >= 4 is 11.7 Å². The van der Waals surface area contributed by atoms with Gasteiger partial charge in [0.2, 0.25) is 0 Å². The van der Waals surface area contributed by atoms with Gasteiger partial charge in [0, 0.05) is 19.2 Å². The highest BCUT2D eigenvalue weighted by Gasteiger charge is 2.09. The number of ether oxygens (including phenoxy) is 1. The molecule has 0 aliphatic heterocycles. The van der Waals surface area contributed by atoms with Crippen LogP contribution in [0.3, 0.4) is 0 Å². The highest BCUT2D eigenvalue weighted by atomic mass is 19.1. The number of nitrogens with zero attached hydrogens (tertiary/aromatic N) is 2. The first-order valence-corrected chi connectivity index (χ1v) is 9.37. The molecular formula is C22H23FN4O2. The van der Waals surface area contributed by atoms with E-state index in [1.165, 1.54) is 12.4 Å². The Hall–Kier alpha value is -3.48. The van der Waals surface area contributed by atoms with Gasteiger partial charge in [-0.25, -0.2) is 14.4 Å². The van der Waals surface area contributed by atoms with Crippen molar-refractivity contribution in [1.29, 1.82) is 0 Å². The molecule has 2 aromatic carbocycles. The molecule has 1 heterocycles. The van der Waals surface area contributed by atoms with Crippen molar-refractivity contribution in [2.75, 3.05) is 25.5 Å². The molecule has 0 atom stereocenters. The summed E-state index contributed by atoms with van der Waals surface area (Å²) < 4.78 is 19.0. The average molecular weight is 394 g/mol. The van der Waals surface area contributed by atoms with E-state index in [0.29, 0.717) is 37.3 Å². The number of hydrogen-bond acceptors (Lipinski definition) is 5. The van der Waals surface area contributed by atoms with Crippen LogP contribution in [0, 0.1) is 5.82 Å². The third-order valence-electron chi connectivity index (χ3n) is 4.43. The molecule has 2 N–H and O–H groups in total. The molecule has 0 saturated carbocycles. The van der Waals surface area contributed by atoms with E-state index < -0.39 is 0 Å². The molecule has 3 rings (SSSR count). The van der Waals surface area contributed by atoms with Crippen LogP contribution in [-0.2, 0) is 12.8 Å². The molecule has 0 spiro atoms. The molecule has 0 bridgehead atoms. The number of anilines is 1. The fourth-order valence-corrected chi connectivity index (χ4v) is 2.92. The summed E-state index contributed by atoms with van der Waals surface area (Å²) in [5.41, 5.74) is 1.92. The number of nitrogens with one attached hydrogen (secondary N) is 2. The summed E-state index contributed by atoms with van der Waals surface area (Å²) in [6, 6.07) is 15.9. The van der Waals surface area contributed by atoms with Crippen LogP contribution in [0.1, 0.15) is 21.6 Å². The number of carbonyl (C=O) groups is 1. The third kappa shape index (κ3) is 5.75. The Kier molecular flexibility index (Phi) is 7.10. The molecule has 29 heavy (non-hydrogen) atoms. The summed E-state index contributed by atoms with van der Waals surface area (Å²) in [6.07, 6.45) is 2.49. The second-order valence-electron chi connectivity index (χ2n) is 6.37. The van der Waals surface area contributed by atoms with E-state index in [1.54, 1.807) is 31.4 Å². The van der Waals surface area contributed by atoms with E-state index >= 15 is 0 Å². The zero-order valence-corrected chi connectivity index (χ0v) is 16.2. The van der Waals surface area contributed by atoms with Gasteiger partial charge < -0.3 is 15.4 Å². The van der Waals surface area contributed by atoms with Crippen LogP contribution in [0.5, 0.6) is 5.75 Å². The number of aromatic nitrogens is 2. The smallest absolute Gasteiger partial charge is 0.270 e. The van der Waals surface area contributed by atoms with E-state index in [1.807, 2.05) is 24.3 Å². The fraction of sp³-hybridized carbons (Fsp3) is 0.227. The van der Waals surface area contributed by atoms with Crippen LogP contribution < -0.4 is 15.4 Å². The van der Waals surface area contributed by atoms with Gasteiger partial charge in [0.15, 0.2) is 0 Å². The van der Waals surface area contributed by atoms with E-state index in [-0.39, 0.29) is 17.4 Å². The quantitative estimate of drug-likeness (QED) is 0.583. The minimum atomic E-state index is -0.278. The van der Waals surface area contributed by atoms with Crippen LogP contribution in [0.15, 0.2) is 60.9 Å². The molecule has 0 saturated heterocycles. The van der Waals surface area contributed by atoms with Gasteiger partial charge in [-0.3, -0.25) is 4.79 Å². The Balaban J connectivity index is 1.50. The molecule has 0 aliphatic rings. The van der Waals surface area contributed by atoms with Crippen LogP contribution in [0.2, 0.25) is 0 Å². The Morgan fingerprint density at radius 2 is 1.72 bits per heavy atom. The maximum absolute atomic E-state index is 13.7. The standard InChI is InChI=1S/C22H23FN4O2/c1-29-20-9-5-3-7-17(20)11-13-25-22(28)19-14-21(27-15-26-19)24-12-10-16-6-2-4-8-18(16)23/h2-9,14-15H,10-13H2,1H3,(H,25,28)(H,24,26,27). The predicted molar refractivity (Wildman–Crippen MR) is 110 cm³/mol. The van der Waals surface area contributed by atoms with Gasteiger partial charge >= 0.3 is 0 Å². The normalized spacial score (nSPS) is 10.4. The Bertz CT molecular complexity index is 965. The Morgan fingerprint density at radius 3 is 2.52 bits per heavy atom. The Morgan fingerprint density at radius 1 is 1.00 bits per heavy atom. The lowest BCUT2D eigenvalue weighted by atomic mass is 10.1. The van der Waals surface area contributed by atoms with Gasteiger partial charge in [-0.1, -0.05) is 36.4 Å². The Labute approximate surface area is 169 Å². The lowest BCUT2D eigenvalue weighted by Crippen LogP contribution is -2.27. The predicted octanol–water partition coefficient (Wildman–Crippen LogP) is 3.25. The summed E-state index contributed by atoms with van der Waals surface area (Å²) >= 11 is 0. The average Bonchev–Trinajstić information content (AvgIpc) is 2.75. The van der Waals surface area contributed by atoms with Crippen molar-refractivity contribution in [3.63, 3.8) is 0 Å². The largest absolute Gasteiger partial charge is 0.496 e. The minimum Gasteiger partial charge on any atom is -0.496 e. The molecule has 0 aliphatic carbocycles. The molecule has 3 aromatic rings. The summed E-state index contributed by atoms with van der Waals surface area (Å²) in [4.78, 5) is 20.5. The number of rotatable bonds is 9. The molecule has 6 nitrogen and oxygen atoms in total. The van der Waals surface area contributed by atoms with E-state index in [4.69, 9.17) is 4.74 Å². The lowest BCUT2D eigenvalue weighted by molar-refractivity contribution is 0.0949. The SMILES string of the molecule is COc1ccccc1CCNC(=O)c1cc(NCCc2ccccc2F)ncn1. The van der Waals surface area contributed by atoms with E-state index in [0.717, 1.165) is 11.3 Å². The monoisotopic (exact) mass is 394 g/mol. The summed E-state index contributed by atoms with van der Waals surface area (Å²) in [7, 11) is 1.62. The van der Waals surface area contributed by atoms with Crippen LogP contribution in [0.25, 0.3) is 0 Å². The first-order valence-electron chi connectivity index (χ1n) is 9.37. The zero-order chi connectivity index (χ0) is 20.5. The highest BCUT2D eigenvalue weighted by molar-refractivity contribution is 5.92. The van der Waals surface area contributed by atoms with Crippen LogP contribution >= 0.6 is 0 Å². The van der Waals surface area contributed by atoms with Crippen molar-refractivity contribution in [1.82, 2.24) is 15.3 Å². The fourth-order valence-electron chi connectivity index (χ4n) is 2.92. The third-order valence-corrected chi connectivity index (χ3v) is 4.43. The summed E-state index contributed by atoms with van der Waals surface area (Å²) in [6.45, 7) is 0.950. The van der Waals surface area contributed by atoms with Gasteiger partial charge in [-0.05, 0) is 36.1 Å². The summed E-state index contributed by atoms with van der Waals surface area (Å²) in [5, 5.41) is 5.95. The highest BCUT2D eigenvalue weighted by Crippen LogP contribution is 2.17. The van der Waals surface area contributed by atoms with Crippen molar-refractivity contribution < 1.29 is 13.9 Å². The molecule has 0 radical (unpaired) electrons. The number of hydrogen-bond donors (Lipinski definition) is 2. The van der Waals surface area contributed by atoms with Crippen molar-refractivity contribution in [2.45, 2.75) is 12.8 Å². The number of benzene rings is 2. The topological polar surface area (TPSA) is 76.1 Å². The number of para-hydroxylation sites is 1. The first-order chi connectivity index (χ1) is 14.2. The lowest BCUT2D eigenvalue weighted by Gasteiger charge is -2.10. The van der Waals surface area contributed by atoms with Crippen LogP contribution in [0.4, 0.5) is 10.2 Å². The second-order valence-corrected chi connectivity index (χ2v) is 6.37. The minimum absolute atomic E-state index is 0.230. The first kappa shape index (κ1) is 20.3. The van der Waals surface area contributed by atoms with Crippen molar-refractivity contribution in [2.24, 2.45) is 0 Å². The van der Waals surface area contributed by atoms with Gasteiger partial charge in [0.1, 0.15) is 29.4 Å². The van der Waals surface area contributed by atoms with Crippen molar-refractivity contribution in [3.05, 3.63) is 83.6 Å². The van der Waals surface area contributed by atoms with E-state index in [2.05, 4.69) is 20.6 Å². The number of halogens is 1. The molecule has 1 amide bonds.